The Morgan fingerprint density at radius 3 is 1.92 bits per heavy atom. The van der Waals surface area contributed by atoms with Gasteiger partial charge in [-0.25, -0.2) is 8.42 Å². The Kier molecular flexibility index (Phi) is 6.46. The number of fused-ring (bicyclic) bond motifs is 2. The number of nitrogen functional groups attached to an aromatic ring is 1. The van der Waals surface area contributed by atoms with E-state index in [1.165, 1.54) is 36.4 Å². The highest BCUT2D eigenvalue weighted by Crippen LogP contribution is 2.40. The molecule has 0 spiro atoms. The van der Waals surface area contributed by atoms with Gasteiger partial charge in [-0.15, -0.1) is 0 Å². The van der Waals surface area contributed by atoms with Crippen LogP contribution in [0.4, 0.5) is 17.1 Å². The standard InChI is InChI=1S/C22H18N2O10S3/c23-16-11-17(37(32,33)34)20(19-18(16)21(25)14-6-1-2-7-15(14)22(19)26)24-12-4-3-5-13(10-12)35(27,28)8-9-36(29,30)31/h1-7,10-11,24H,8-9,23H2,(H,29,30,31)(H,32,33,34). The van der Waals surface area contributed by atoms with E-state index in [-0.39, 0.29) is 33.0 Å². The van der Waals surface area contributed by atoms with Gasteiger partial charge < -0.3 is 11.1 Å². The molecule has 0 radical (unpaired) electrons. The van der Waals surface area contributed by atoms with Crippen molar-refractivity contribution in [1.29, 1.82) is 0 Å². The zero-order chi connectivity index (χ0) is 27.3. The minimum absolute atomic E-state index is 0.0310. The second-order valence-corrected chi connectivity index (χ2v) is 13.1. The van der Waals surface area contributed by atoms with Gasteiger partial charge >= 0.3 is 0 Å². The summed E-state index contributed by atoms with van der Waals surface area (Å²) >= 11 is 0. The maximum atomic E-state index is 13.4. The van der Waals surface area contributed by atoms with Crippen molar-refractivity contribution in [3.05, 3.63) is 76.9 Å². The maximum absolute atomic E-state index is 13.4. The predicted octanol–water partition coefficient (Wildman–Crippen LogP) is 1.70. The smallest absolute Gasteiger partial charge is 0.296 e. The van der Waals surface area contributed by atoms with Gasteiger partial charge in [-0.3, -0.25) is 18.7 Å². The van der Waals surface area contributed by atoms with E-state index in [1.807, 2.05) is 0 Å². The molecule has 0 atom stereocenters. The Balaban J connectivity index is 1.89. The van der Waals surface area contributed by atoms with Crippen molar-refractivity contribution < 1.29 is 43.9 Å². The van der Waals surface area contributed by atoms with Crippen molar-refractivity contribution >= 4 is 58.7 Å². The molecule has 4 rings (SSSR count). The van der Waals surface area contributed by atoms with Crippen molar-refractivity contribution in [2.45, 2.75) is 9.79 Å². The summed E-state index contributed by atoms with van der Waals surface area (Å²) in [5.41, 5.74) is 4.26. The highest BCUT2D eigenvalue weighted by molar-refractivity contribution is 7.93. The zero-order valence-corrected chi connectivity index (χ0v) is 21.0. The Morgan fingerprint density at radius 1 is 0.757 bits per heavy atom. The van der Waals surface area contributed by atoms with Crippen LogP contribution in [0.3, 0.4) is 0 Å². The van der Waals surface area contributed by atoms with Gasteiger partial charge in [0.2, 0.25) is 0 Å². The van der Waals surface area contributed by atoms with E-state index in [9.17, 15) is 39.4 Å². The summed E-state index contributed by atoms with van der Waals surface area (Å²) in [6, 6.07) is 11.3. The minimum Gasteiger partial charge on any atom is -0.398 e. The van der Waals surface area contributed by atoms with Crippen molar-refractivity contribution in [2.24, 2.45) is 0 Å². The number of carbonyl (C=O) groups is 2. The molecule has 12 nitrogen and oxygen atoms in total. The van der Waals surface area contributed by atoms with E-state index in [0.29, 0.717) is 0 Å². The molecule has 0 saturated carbocycles. The second-order valence-electron chi connectivity index (χ2n) is 8.03. The fourth-order valence-corrected chi connectivity index (χ4v) is 7.11. The largest absolute Gasteiger partial charge is 0.398 e. The van der Waals surface area contributed by atoms with Crippen LogP contribution in [0.2, 0.25) is 0 Å². The predicted molar refractivity (Wildman–Crippen MR) is 132 cm³/mol. The second kappa shape index (κ2) is 9.04. The molecule has 1 aliphatic carbocycles. The van der Waals surface area contributed by atoms with Crippen LogP contribution in [-0.2, 0) is 30.1 Å². The van der Waals surface area contributed by atoms with E-state index in [4.69, 9.17) is 10.3 Å². The Bertz CT molecular complexity index is 1810. The number of ketones is 2. The number of rotatable bonds is 7. The third-order valence-electron chi connectivity index (χ3n) is 5.54. The summed E-state index contributed by atoms with van der Waals surface area (Å²) in [6.07, 6.45) is 0. The molecule has 37 heavy (non-hydrogen) atoms. The monoisotopic (exact) mass is 566 g/mol. The zero-order valence-electron chi connectivity index (χ0n) is 18.6. The first-order valence-corrected chi connectivity index (χ1v) is 15.0. The molecule has 0 aliphatic heterocycles. The average molecular weight is 567 g/mol. The number of sulfone groups is 1. The van der Waals surface area contributed by atoms with E-state index < -0.39 is 69.3 Å². The van der Waals surface area contributed by atoms with Crippen LogP contribution >= 0.6 is 0 Å². The molecule has 5 N–H and O–H groups in total. The van der Waals surface area contributed by atoms with Gasteiger partial charge in [0.15, 0.2) is 21.4 Å². The van der Waals surface area contributed by atoms with Crippen LogP contribution in [0.25, 0.3) is 0 Å². The third-order valence-corrected chi connectivity index (χ3v) is 9.11. The number of benzene rings is 3. The molecule has 194 valence electrons. The molecule has 3 aromatic carbocycles. The summed E-state index contributed by atoms with van der Waals surface area (Å²) in [4.78, 5) is 25.3. The summed E-state index contributed by atoms with van der Waals surface area (Å²) in [5, 5.41) is 2.60. The number of hydrogen-bond donors (Lipinski definition) is 4. The first kappa shape index (κ1) is 26.4. The van der Waals surface area contributed by atoms with Gasteiger partial charge in [0.1, 0.15) is 4.90 Å². The molecule has 0 aromatic heterocycles. The van der Waals surface area contributed by atoms with Crippen LogP contribution in [0, 0.1) is 0 Å². The lowest BCUT2D eigenvalue weighted by atomic mass is 9.82. The number of anilines is 3. The van der Waals surface area contributed by atoms with Crippen LogP contribution in [0.5, 0.6) is 0 Å². The first-order chi connectivity index (χ1) is 17.1. The topological polar surface area (TPSA) is 215 Å². The van der Waals surface area contributed by atoms with Gasteiger partial charge in [-0.2, -0.15) is 16.8 Å². The number of carbonyl (C=O) groups excluding carboxylic acids is 2. The summed E-state index contributed by atoms with van der Waals surface area (Å²) in [7, 11) is -13.8. The molecular weight excluding hydrogens is 548 g/mol. The fourth-order valence-electron chi connectivity index (χ4n) is 3.87. The van der Waals surface area contributed by atoms with E-state index >= 15 is 0 Å². The molecule has 1 aliphatic rings. The van der Waals surface area contributed by atoms with Gasteiger partial charge in [-0.05, 0) is 24.3 Å². The number of nitrogens with one attached hydrogen (secondary N) is 1. The third kappa shape index (κ3) is 5.12. The fraction of sp³-hybridized carbons (Fsp3) is 0.0909. The summed E-state index contributed by atoms with van der Waals surface area (Å²) in [5.74, 6) is -3.41. The van der Waals surface area contributed by atoms with Crippen LogP contribution < -0.4 is 11.1 Å². The highest BCUT2D eigenvalue weighted by Gasteiger charge is 2.36. The molecule has 15 heteroatoms. The maximum Gasteiger partial charge on any atom is 0.296 e. The van der Waals surface area contributed by atoms with Crippen LogP contribution in [0.15, 0.2) is 64.4 Å². The van der Waals surface area contributed by atoms with E-state index in [1.54, 1.807) is 0 Å². The molecule has 0 amide bonds. The Hall–Kier alpha value is -3.63. The van der Waals surface area contributed by atoms with E-state index in [0.717, 1.165) is 18.2 Å². The van der Waals surface area contributed by atoms with Crippen LogP contribution in [-0.4, -0.2) is 57.4 Å². The van der Waals surface area contributed by atoms with Crippen molar-refractivity contribution in [1.82, 2.24) is 0 Å². The molecule has 0 unspecified atom stereocenters. The number of hydrogen-bond acceptors (Lipinski definition) is 10. The molecular formula is C22H18N2O10S3. The van der Waals surface area contributed by atoms with Crippen LogP contribution in [0.1, 0.15) is 31.8 Å². The average Bonchev–Trinajstić information content (AvgIpc) is 2.81. The lowest BCUT2D eigenvalue weighted by Gasteiger charge is -2.24. The van der Waals surface area contributed by atoms with Crippen molar-refractivity contribution in [3.8, 4) is 0 Å². The SMILES string of the molecule is Nc1cc(S(=O)(=O)O)c(Nc2cccc(S(=O)(=O)CCS(=O)(=O)O)c2)c2c1C(=O)c1ccccc1C2=O. The summed E-state index contributed by atoms with van der Waals surface area (Å²) in [6.45, 7) is 0. The quantitative estimate of drug-likeness (QED) is 0.186. The normalized spacial score (nSPS) is 13.7. The van der Waals surface area contributed by atoms with Gasteiger partial charge in [0.05, 0.1) is 33.2 Å². The molecule has 0 saturated heterocycles. The summed E-state index contributed by atoms with van der Waals surface area (Å²) < 4.78 is 90.3. The first-order valence-electron chi connectivity index (χ1n) is 10.3. The van der Waals surface area contributed by atoms with Gasteiger partial charge in [-0.1, -0.05) is 30.3 Å². The molecule has 0 bridgehead atoms. The lowest BCUT2D eigenvalue weighted by molar-refractivity contribution is 0.0980. The van der Waals surface area contributed by atoms with Gasteiger partial charge in [0, 0.05) is 22.5 Å². The Morgan fingerprint density at radius 2 is 1.35 bits per heavy atom. The minimum atomic E-state index is -5.01. The highest BCUT2D eigenvalue weighted by atomic mass is 32.2. The molecule has 0 heterocycles. The number of nitrogens with two attached hydrogens (primary N) is 1. The lowest BCUT2D eigenvalue weighted by Crippen LogP contribution is -2.25. The van der Waals surface area contributed by atoms with Crippen molar-refractivity contribution in [2.75, 3.05) is 22.6 Å². The molecule has 0 fully saturated rings. The molecule has 3 aromatic rings. The Labute approximate surface area is 211 Å². The van der Waals surface area contributed by atoms with Crippen molar-refractivity contribution in [3.63, 3.8) is 0 Å². The van der Waals surface area contributed by atoms with E-state index in [2.05, 4.69) is 5.32 Å². The van der Waals surface area contributed by atoms with Gasteiger partial charge in [0.25, 0.3) is 20.2 Å².